The molecule has 1 aliphatic rings. The molecule has 2 rings (SSSR count). The van der Waals surface area contributed by atoms with Crippen molar-refractivity contribution in [3.8, 4) is 12.3 Å². The van der Waals surface area contributed by atoms with Crippen LogP contribution in [0.15, 0.2) is 30.3 Å². The summed E-state index contributed by atoms with van der Waals surface area (Å²) in [5.74, 6) is 2.83. The molecular weight excluding hydrogens is 298 g/mol. The normalized spacial score (nSPS) is 18.4. The largest absolute Gasteiger partial charge is 0.368 e. The molecule has 22 heavy (non-hydrogen) atoms. The quantitative estimate of drug-likeness (QED) is 0.474. The topological polar surface area (TPSA) is 29.5 Å². The van der Waals surface area contributed by atoms with Gasteiger partial charge in [-0.15, -0.1) is 6.42 Å². The van der Waals surface area contributed by atoms with Gasteiger partial charge in [-0.1, -0.05) is 35.7 Å². The van der Waals surface area contributed by atoms with Crippen molar-refractivity contribution in [1.29, 1.82) is 0 Å². The van der Waals surface area contributed by atoms with E-state index < -0.39 is 0 Å². The highest BCUT2D eigenvalue weighted by atomic mass is 35.5. The molecule has 4 heteroatoms. The van der Waals surface area contributed by atoms with Crippen molar-refractivity contribution in [1.82, 2.24) is 4.90 Å². The van der Waals surface area contributed by atoms with Gasteiger partial charge in [0, 0.05) is 30.1 Å². The Balaban J connectivity index is 1.89. The predicted octanol–water partition coefficient (Wildman–Crippen LogP) is 3.24. The number of nitrogens with zero attached hydrogens (tertiary/aromatic N) is 1. The molecule has 0 spiro atoms. The lowest BCUT2D eigenvalue weighted by atomic mass is 9.99. The van der Waals surface area contributed by atoms with Gasteiger partial charge in [-0.3, -0.25) is 4.79 Å². The van der Waals surface area contributed by atoms with Crippen molar-refractivity contribution >= 4 is 23.6 Å². The van der Waals surface area contributed by atoms with E-state index in [-0.39, 0.29) is 5.91 Å². The van der Waals surface area contributed by atoms with E-state index in [0.717, 1.165) is 31.5 Å². The summed E-state index contributed by atoms with van der Waals surface area (Å²) in [6, 6.07) is 7.47. The molecule has 0 radical (unpaired) electrons. The van der Waals surface area contributed by atoms with Crippen LogP contribution in [-0.4, -0.2) is 37.1 Å². The number of piperidine rings is 1. The minimum absolute atomic E-state index is 0.0153. The van der Waals surface area contributed by atoms with Gasteiger partial charge >= 0.3 is 0 Å². The Morgan fingerprint density at radius 3 is 3.09 bits per heavy atom. The van der Waals surface area contributed by atoms with Crippen LogP contribution in [0.4, 0.5) is 0 Å². The highest BCUT2D eigenvalue weighted by Gasteiger charge is 2.22. The van der Waals surface area contributed by atoms with Crippen molar-refractivity contribution in [2.45, 2.75) is 12.8 Å². The first-order chi connectivity index (χ1) is 10.7. The number of rotatable bonds is 5. The highest BCUT2D eigenvalue weighted by molar-refractivity contribution is 6.32. The van der Waals surface area contributed by atoms with Crippen LogP contribution < -0.4 is 0 Å². The zero-order chi connectivity index (χ0) is 15.8. The Labute approximate surface area is 136 Å². The lowest BCUT2D eigenvalue weighted by Gasteiger charge is -2.31. The molecular formula is C18H20ClNO2. The SMILES string of the molecule is C#CCOCC1CCCN(C(=O)/C=C/c2ccccc2Cl)C1. The molecule has 1 atom stereocenters. The van der Waals surface area contributed by atoms with Crippen molar-refractivity contribution in [3.63, 3.8) is 0 Å². The van der Waals surface area contributed by atoms with Crippen molar-refractivity contribution in [2.24, 2.45) is 5.92 Å². The number of halogens is 1. The van der Waals surface area contributed by atoms with Gasteiger partial charge in [-0.05, 0) is 30.5 Å². The summed E-state index contributed by atoms with van der Waals surface area (Å²) in [7, 11) is 0. The Kier molecular flexibility index (Phi) is 6.51. The van der Waals surface area contributed by atoms with Crippen LogP contribution in [-0.2, 0) is 9.53 Å². The first-order valence-corrected chi connectivity index (χ1v) is 7.81. The summed E-state index contributed by atoms with van der Waals surface area (Å²) in [6.45, 7) is 2.45. The molecule has 1 heterocycles. The van der Waals surface area contributed by atoms with E-state index >= 15 is 0 Å². The maximum absolute atomic E-state index is 12.3. The van der Waals surface area contributed by atoms with Crippen LogP contribution in [0, 0.1) is 18.3 Å². The van der Waals surface area contributed by atoms with E-state index in [4.69, 9.17) is 22.8 Å². The standard InChI is InChI=1S/C18H20ClNO2/c1-2-12-22-14-15-6-5-11-20(13-15)18(21)10-9-16-7-3-4-8-17(16)19/h1,3-4,7-10,15H,5-6,11-14H2/b10-9+. The lowest BCUT2D eigenvalue weighted by molar-refractivity contribution is -0.128. The molecule has 1 aliphatic heterocycles. The average molecular weight is 318 g/mol. The summed E-state index contributed by atoms with van der Waals surface area (Å²) in [6.07, 6.45) is 10.6. The molecule has 1 saturated heterocycles. The van der Waals surface area contributed by atoms with Crippen LogP contribution in [0.1, 0.15) is 18.4 Å². The highest BCUT2D eigenvalue weighted by Crippen LogP contribution is 2.19. The number of hydrogen-bond acceptors (Lipinski definition) is 2. The number of ether oxygens (including phenoxy) is 1. The number of carbonyl (C=O) groups excluding carboxylic acids is 1. The molecule has 1 amide bonds. The molecule has 0 bridgehead atoms. The van der Waals surface area contributed by atoms with Gasteiger partial charge in [0.25, 0.3) is 0 Å². The summed E-state index contributed by atoms with van der Waals surface area (Å²) >= 11 is 6.08. The number of carbonyl (C=O) groups is 1. The predicted molar refractivity (Wildman–Crippen MR) is 89.4 cm³/mol. The molecule has 1 unspecified atom stereocenters. The van der Waals surface area contributed by atoms with Crippen LogP contribution in [0.25, 0.3) is 6.08 Å². The van der Waals surface area contributed by atoms with Gasteiger partial charge in [0.15, 0.2) is 0 Å². The van der Waals surface area contributed by atoms with Crippen LogP contribution in [0.2, 0.25) is 5.02 Å². The maximum Gasteiger partial charge on any atom is 0.246 e. The third kappa shape index (κ3) is 4.91. The minimum atomic E-state index is 0.0153. The fourth-order valence-electron chi connectivity index (χ4n) is 2.56. The Hall–Kier alpha value is -1.76. The van der Waals surface area contributed by atoms with E-state index in [1.165, 1.54) is 0 Å². The summed E-state index contributed by atoms with van der Waals surface area (Å²) in [5, 5.41) is 0.644. The van der Waals surface area contributed by atoms with Gasteiger partial charge in [-0.2, -0.15) is 0 Å². The minimum Gasteiger partial charge on any atom is -0.368 e. The number of amides is 1. The van der Waals surface area contributed by atoms with Crippen molar-refractivity contribution in [3.05, 3.63) is 40.9 Å². The molecule has 1 aromatic rings. The van der Waals surface area contributed by atoms with Gasteiger partial charge in [0.1, 0.15) is 6.61 Å². The van der Waals surface area contributed by atoms with Gasteiger partial charge in [0.2, 0.25) is 5.91 Å². The average Bonchev–Trinajstić information content (AvgIpc) is 2.54. The van der Waals surface area contributed by atoms with E-state index in [0.29, 0.717) is 24.2 Å². The summed E-state index contributed by atoms with van der Waals surface area (Å²) < 4.78 is 5.39. The van der Waals surface area contributed by atoms with E-state index in [1.54, 1.807) is 12.2 Å². The van der Waals surface area contributed by atoms with E-state index in [2.05, 4.69) is 5.92 Å². The first-order valence-electron chi connectivity index (χ1n) is 7.43. The number of terminal acetylenes is 1. The third-order valence-corrected chi connectivity index (χ3v) is 4.02. The van der Waals surface area contributed by atoms with Crippen molar-refractivity contribution in [2.75, 3.05) is 26.3 Å². The first kappa shape index (κ1) is 16.6. The number of hydrogen-bond donors (Lipinski definition) is 0. The second kappa shape index (κ2) is 8.63. The maximum atomic E-state index is 12.3. The summed E-state index contributed by atoms with van der Waals surface area (Å²) in [4.78, 5) is 14.1. The summed E-state index contributed by atoms with van der Waals surface area (Å²) in [5.41, 5.74) is 0.850. The van der Waals surface area contributed by atoms with Gasteiger partial charge < -0.3 is 9.64 Å². The second-order valence-corrected chi connectivity index (χ2v) is 5.77. The molecule has 0 aliphatic carbocycles. The molecule has 3 nitrogen and oxygen atoms in total. The van der Waals surface area contributed by atoms with Gasteiger partial charge in [-0.25, -0.2) is 0 Å². The van der Waals surface area contributed by atoms with E-state index in [1.807, 2.05) is 29.2 Å². The molecule has 116 valence electrons. The van der Waals surface area contributed by atoms with Gasteiger partial charge in [0.05, 0.1) is 6.61 Å². The fourth-order valence-corrected chi connectivity index (χ4v) is 2.76. The second-order valence-electron chi connectivity index (χ2n) is 5.37. The Bertz CT molecular complexity index is 577. The zero-order valence-electron chi connectivity index (χ0n) is 12.5. The van der Waals surface area contributed by atoms with Crippen molar-refractivity contribution < 1.29 is 9.53 Å². The molecule has 1 fully saturated rings. The number of benzene rings is 1. The molecule has 1 aromatic carbocycles. The van der Waals surface area contributed by atoms with E-state index in [9.17, 15) is 4.79 Å². The zero-order valence-corrected chi connectivity index (χ0v) is 13.3. The molecule has 0 N–H and O–H groups in total. The monoisotopic (exact) mass is 317 g/mol. The Morgan fingerprint density at radius 2 is 2.32 bits per heavy atom. The molecule has 0 aromatic heterocycles. The fraction of sp³-hybridized carbons (Fsp3) is 0.389. The van der Waals surface area contributed by atoms with Crippen LogP contribution in [0.3, 0.4) is 0 Å². The smallest absolute Gasteiger partial charge is 0.246 e. The third-order valence-electron chi connectivity index (χ3n) is 3.68. The lowest BCUT2D eigenvalue weighted by Crippen LogP contribution is -2.40. The Morgan fingerprint density at radius 1 is 1.50 bits per heavy atom. The van der Waals surface area contributed by atoms with Crippen LogP contribution >= 0.6 is 11.6 Å². The number of likely N-dealkylation sites (tertiary alicyclic amines) is 1. The van der Waals surface area contributed by atoms with Crippen LogP contribution in [0.5, 0.6) is 0 Å². The molecule has 0 saturated carbocycles.